The summed E-state index contributed by atoms with van der Waals surface area (Å²) >= 11 is 2.96. The highest BCUT2D eigenvalue weighted by molar-refractivity contribution is 9.10. The monoisotopic (exact) mass is 330 g/mol. The second-order valence-corrected chi connectivity index (χ2v) is 5.65. The molecule has 1 aliphatic rings. The first-order valence-electron chi connectivity index (χ1n) is 6.43. The lowest BCUT2D eigenvalue weighted by Gasteiger charge is -2.22. The summed E-state index contributed by atoms with van der Waals surface area (Å²) in [5.74, 6) is -1.21. The predicted molar refractivity (Wildman–Crippen MR) is 73.1 cm³/mol. The minimum absolute atomic E-state index is 0.0545. The Kier molecular flexibility index (Phi) is 4.80. The van der Waals surface area contributed by atoms with E-state index in [1.165, 1.54) is 31.4 Å². The Labute approximate surface area is 119 Å². The Balaban J connectivity index is 2.04. The molecule has 104 valence electrons. The molecule has 1 aromatic carbocycles. The molecule has 0 spiro atoms. The van der Waals surface area contributed by atoms with E-state index in [0.717, 1.165) is 12.8 Å². The average Bonchev–Trinajstić information content (AvgIpc) is 2.41. The van der Waals surface area contributed by atoms with Gasteiger partial charge in [0.1, 0.15) is 0 Å². The SMILES string of the molecule is O=C(O)c1ccc(OCC2CCCCC2)c(F)c1Br. The fraction of sp³-hybridized carbons (Fsp3) is 0.500. The molecule has 0 radical (unpaired) electrons. The maximum Gasteiger partial charge on any atom is 0.336 e. The van der Waals surface area contributed by atoms with E-state index in [2.05, 4.69) is 15.9 Å². The summed E-state index contributed by atoms with van der Waals surface area (Å²) in [4.78, 5) is 10.9. The molecule has 0 heterocycles. The van der Waals surface area contributed by atoms with E-state index >= 15 is 0 Å². The highest BCUT2D eigenvalue weighted by atomic mass is 79.9. The van der Waals surface area contributed by atoms with Crippen LogP contribution in [0, 0.1) is 11.7 Å². The Bertz CT molecular complexity index is 470. The molecular weight excluding hydrogens is 315 g/mol. The highest BCUT2D eigenvalue weighted by Gasteiger charge is 2.19. The van der Waals surface area contributed by atoms with Crippen molar-refractivity contribution in [1.29, 1.82) is 0 Å². The predicted octanol–water partition coefficient (Wildman–Crippen LogP) is 4.25. The maximum atomic E-state index is 13.9. The van der Waals surface area contributed by atoms with Gasteiger partial charge in [-0.15, -0.1) is 0 Å². The Hall–Kier alpha value is -1.10. The van der Waals surface area contributed by atoms with Crippen molar-refractivity contribution in [2.75, 3.05) is 6.61 Å². The lowest BCUT2D eigenvalue weighted by Crippen LogP contribution is -2.16. The Morgan fingerprint density at radius 2 is 2.05 bits per heavy atom. The topological polar surface area (TPSA) is 46.5 Å². The molecule has 0 atom stereocenters. The molecule has 1 N–H and O–H groups in total. The van der Waals surface area contributed by atoms with Crippen molar-refractivity contribution < 1.29 is 19.0 Å². The maximum absolute atomic E-state index is 13.9. The molecule has 0 amide bonds. The number of ether oxygens (including phenoxy) is 1. The number of hydrogen-bond donors (Lipinski definition) is 1. The largest absolute Gasteiger partial charge is 0.490 e. The second kappa shape index (κ2) is 6.37. The van der Waals surface area contributed by atoms with Crippen molar-refractivity contribution in [3.05, 3.63) is 28.0 Å². The van der Waals surface area contributed by atoms with Gasteiger partial charge in [0.05, 0.1) is 16.6 Å². The van der Waals surface area contributed by atoms with Crippen molar-refractivity contribution in [3.8, 4) is 5.75 Å². The normalized spacial score (nSPS) is 16.3. The standard InChI is InChI=1S/C14H16BrFO3/c15-12-10(14(17)18)6-7-11(13(12)16)19-8-9-4-2-1-3-5-9/h6-7,9H,1-5,8H2,(H,17,18). The van der Waals surface area contributed by atoms with Crippen LogP contribution in [-0.4, -0.2) is 17.7 Å². The van der Waals surface area contributed by atoms with Crippen molar-refractivity contribution >= 4 is 21.9 Å². The molecule has 0 bridgehead atoms. The summed E-state index contributed by atoms with van der Waals surface area (Å²) in [7, 11) is 0. The molecule has 19 heavy (non-hydrogen) atoms. The molecule has 1 fully saturated rings. The van der Waals surface area contributed by atoms with E-state index in [9.17, 15) is 9.18 Å². The zero-order valence-electron chi connectivity index (χ0n) is 10.5. The molecule has 0 aromatic heterocycles. The minimum atomic E-state index is -1.16. The Morgan fingerprint density at radius 3 is 2.68 bits per heavy atom. The third kappa shape index (κ3) is 3.47. The highest BCUT2D eigenvalue weighted by Crippen LogP contribution is 2.30. The summed E-state index contributed by atoms with van der Waals surface area (Å²) in [5.41, 5.74) is -0.0949. The van der Waals surface area contributed by atoms with E-state index in [1.807, 2.05) is 0 Å². The van der Waals surface area contributed by atoms with Crippen molar-refractivity contribution in [3.63, 3.8) is 0 Å². The van der Waals surface area contributed by atoms with E-state index in [-0.39, 0.29) is 15.8 Å². The Morgan fingerprint density at radius 1 is 1.37 bits per heavy atom. The lowest BCUT2D eigenvalue weighted by atomic mass is 9.90. The van der Waals surface area contributed by atoms with Gasteiger partial charge >= 0.3 is 5.97 Å². The first-order chi connectivity index (χ1) is 9.09. The summed E-state index contributed by atoms with van der Waals surface area (Å²) < 4.78 is 19.4. The molecule has 1 saturated carbocycles. The van der Waals surface area contributed by atoms with Gasteiger partial charge in [0.25, 0.3) is 0 Å². The van der Waals surface area contributed by atoms with Crippen LogP contribution in [0.15, 0.2) is 16.6 Å². The van der Waals surface area contributed by atoms with Crippen LogP contribution in [-0.2, 0) is 0 Å². The molecule has 3 nitrogen and oxygen atoms in total. The quantitative estimate of drug-likeness (QED) is 0.897. The minimum Gasteiger partial charge on any atom is -0.490 e. The van der Waals surface area contributed by atoms with E-state index < -0.39 is 11.8 Å². The number of aromatic carboxylic acids is 1. The van der Waals surface area contributed by atoms with E-state index in [1.54, 1.807) is 0 Å². The molecule has 1 aromatic rings. The molecular formula is C14H16BrFO3. The summed E-state index contributed by atoms with van der Waals surface area (Å²) in [6, 6.07) is 2.73. The fourth-order valence-electron chi connectivity index (χ4n) is 2.37. The average molecular weight is 331 g/mol. The molecule has 2 rings (SSSR count). The second-order valence-electron chi connectivity index (χ2n) is 4.86. The van der Waals surface area contributed by atoms with Crippen LogP contribution in [0.25, 0.3) is 0 Å². The van der Waals surface area contributed by atoms with Gasteiger partial charge in [-0.2, -0.15) is 0 Å². The van der Waals surface area contributed by atoms with Crippen molar-refractivity contribution in [1.82, 2.24) is 0 Å². The molecule has 0 aliphatic heterocycles. The fourth-order valence-corrected chi connectivity index (χ4v) is 2.87. The van der Waals surface area contributed by atoms with Gasteiger partial charge in [-0.1, -0.05) is 19.3 Å². The van der Waals surface area contributed by atoms with Gasteiger partial charge < -0.3 is 9.84 Å². The molecule has 5 heteroatoms. The number of carboxylic acid groups (broad SMARTS) is 1. The van der Waals surface area contributed by atoms with Crippen LogP contribution in [0.5, 0.6) is 5.75 Å². The zero-order valence-corrected chi connectivity index (χ0v) is 12.1. The van der Waals surface area contributed by atoms with E-state index in [0.29, 0.717) is 12.5 Å². The van der Waals surface area contributed by atoms with Crippen LogP contribution in [0.1, 0.15) is 42.5 Å². The number of carboxylic acids is 1. The number of halogens is 2. The van der Waals surface area contributed by atoms with Crippen LogP contribution in [0.4, 0.5) is 4.39 Å². The number of hydrogen-bond acceptors (Lipinski definition) is 2. The van der Waals surface area contributed by atoms with Crippen molar-refractivity contribution in [2.45, 2.75) is 32.1 Å². The summed E-state index contributed by atoms with van der Waals surface area (Å²) in [6.07, 6.45) is 5.92. The van der Waals surface area contributed by atoms with Crippen LogP contribution < -0.4 is 4.74 Å². The summed E-state index contributed by atoms with van der Waals surface area (Å²) in [5, 5.41) is 8.88. The number of carbonyl (C=O) groups is 1. The first-order valence-corrected chi connectivity index (χ1v) is 7.23. The number of benzene rings is 1. The van der Waals surface area contributed by atoms with Gasteiger partial charge in [-0.25, -0.2) is 9.18 Å². The van der Waals surface area contributed by atoms with Gasteiger partial charge in [0.2, 0.25) is 0 Å². The third-order valence-electron chi connectivity index (χ3n) is 3.48. The van der Waals surface area contributed by atoms with Crippen LogP contribution in [0.3, 0.4) is 0 Å². The smallest absolute Gasteiger partial charge is 0.336 e. The molecule has 0 unspecified atom stereocenters. The third-order valence-corrected chi connectivity index (χ3v) is 4.25. The van der Waals surface area contributed by atoms with Gasteiger partial charge in [-0.3, -0.25) is 0 Å². The van der Waals surface area contributed by atoms with Crippen molar-refractivity contribution in [2.24, 2.45) is 5.92 Å². The van der Waals surface area contributed by atoms with Gasteiger partial charge in [0.15, 0.2) is 11.6 Å². The van der Waals surface area contributed by atoms with Crippen LogP contribution >= 0.6 is 15.9 Å². The van der Waals surface area contributed by atoms with E-state index in [4.69, 9.17) is 9.84 Å². The summed E-state index contributed by atoms with van der Waals surface area (Å²) in [6.45, 7) is 0.496. The molecule has 0 saturated heterocycles. The van der Waals surface area contributed by atoms with Crippen LogP contribution in [0.2, 0.25) is 0 Å². The van der Waals surface area contributed by atoms with Gasteiger partial charge in [-0.05, 0) is 46.8 Å². The zero-order chi connectivity index (χ0) is 13.8. The lowest BCUT2D eigenvalue weighted by molar-refractivity contribution is 0.0695. The first kappa shape index (κ1) is 14.3. The number of rotatable bonds is 4. The molecule has 1 aliphatic carbocycles. The van der Waals surface area contributed by atoms with Gasteiger partial charge in [0, 0.05) is 0 Å².